The molecule has 0 unspecified atom stereocenters. The Bertz CT molecular complexity index is 1170. The lowest BCUT2D eigenvalue weighted by molar-refractivity contribution is -0.136. The number of fused-ring (bicyclic) bond motifs is 2. The average Bonchev–Trinajstić information content (AvgIpc) is 3.17. The van der Waals surface area contributed by atoms with Crippen LogP contribution in [0.15, 0.2) is 33.8 Å². The molecule has 0 atom stereocenters. The van der Waals surface area contributed by atoms with E-state index in [0.29, 0.717) is 16.5 Å². The van der Waals surface area contributed by atoms with Gasteiger partial charge in [-0.15, -0.1) is 11.3 Å². The summed E-state index contributed by atoms with van der Waals surface area (Å²) in [5.74, 6) is -0.972. The Balaban J connectivity index is 1.80. The molecule has 0 saturated carbocycles. The van der Waals surface area contributed by atoms with E-state index in [1.165, 1.54) is 27.4 Å². The van der Waals surface area contributed by atoms with Gasteiger partial charge in [-0.05, 0) is 24.6 Å². The van der Waals surface area contributed by atoms with Gasteiger partial charge in [0.15, 0.2) is 0 Å². The van der Waals surface area contributed by atoms with Crippen LogP contribution in [0.2, 0.25) is 0 Å². The topological polar surface area (TPSA) is 85.1 Å². The Morgan fingerprint density at radius 1 is 1.28 bits per heavy atom. The molecule has 0 bridgehead atoms. The van der Waals surface area contributed by atoms with Crippen LogP contribution < -0.4 is 5.56 Å². The fourth-order valence-electron chi connectivity index (χ4n) is 2.73. The first-order valence-corrected chi connectivity index (χ1v) is 9.31. The number of benzene rings is 1. The summed E-state index contributed by atoms with van der Waals surface area (Å²) in [5.41, 5.74) is 2.21. The number of thiazole rings is 1. The molecule has 0 fully saturated rings. The maximum Gasteiger partial charge on any atom is 0.309 e. The lowest BCUT2D eigenvalue weighted by Crippen LogP contribution is -2.25. The summed E-state index contributed by atoms with van der Waals surface area (Å²) in [6.07, 6.45) is -0.216. The molecule has 0 aliphatic heterocycles. The summed E-state index contributed by atoms with van der Waals surface area (Å²) < 4.78 is 2.37. The van der Waals surface area contributed by atoms with Crippen molar-refractivity contribution in [1.82, 2.24) is 14.8 Å². The van der Waals surface area contributed by atoms with E-state index in [1.807, 2.05) is 25.1 Å². The molecule has 1 aromatic carbocycles. The minimum Gasteiger partial charge on any atom is -0.481 e. The van der Waals surface area contributed by atoms with Crippen molar-refractivity contribution in [2.75, 3.05) is 0 Å². The third-order valence-electron chi connectivity index (χ3n) is 3.87. The molecule has 0 spiro atoms. The van der Waals surface area contributed by atoms with Crippen LogP contribution in [0, 0.1) is 6.92 Å². The lowest BCUT2D eigenvalue weighted by Gasteiger charge is -2.06. The first kappa shape index (κ1) is 15.9. The molecule has 0 aliphatic rings. The predicted molar refractivity (Wildman–Crippen MR) is 98.7 cm³/mol. The number of hydrogen-bond donors (Lipinski definition) is 1. The standard InChI is InChI=1S/C17H13N3O3S2/c1-9-2-3-14-13(4-9)18-15(25-14)6-20-17(23)11-8-24-7-10(11)12(19-20)5-16(21)22/h2-4,7-8H,5-6H2,1H3,(H,21,22). The second-order valence-corrected chi connectivity index (χ2v) is 7.62. The number of aryl methyl sites for hydroxylation is 1. The zero-order valence-corrected chi connectivity index (χ0v) is 14.9. The number of thiophene rings is 1. The van der Waals surface area contributed by atoms with Crippen molar-refractivity contribution in [2.45, 2.75) is 19.9 Å². The average molecular weight is 371 g/mol. The van der Waals surface area contributed by atoms with Gasteiger partial charge in [-0.1, -0.05) is 6.07 Å². The van der Waals surface area contributed by atoms with Gasteiger partial charge >= 0.3 is 5.97 Å². The van der Waals surface area contributed by atoms with Gasteiger partial charge in [0.1, 0.15) is 5.01 Å². The van der Waals surface area contributed by atoms with Crippen molar-refractivity contribution < 1.29 is 9.90 Å². The van der Waals surface area contributed by atoms with E-state index in [2.05, 4.69) is 10.1 Å². The molecule has 25 heavy (non-hydrogen) atoms. The highest BCUT2D eigenvalue weighted by Crippen LogP contribution is 2.24. The van der Waals surface area contributed by atoms with Crippen LogP contribution >= 0.6 is 22.7 Å². The van der Waals surface area contributed by atoms with Gasteiger partial charge in [0, 0.05) is 16.1 Å². The first-order valence-electron chi connectivity index (χ1n) is 7.55. The molecule has 0 saturated heterocycles. The summed E-state index contributed by atoms with van der Waals surface area (Å²) in [6.45, 7) is 2.24. The Hall–Kier alpha value is -2.58. The normalized spacial score (nSPS) is 11.4. The Morgan fingerprint density at radius 3 is 2.88 bits per heavy atom. The van der Waals surface area contributed by atoms with Crippen molar-refractivity contribution in [2.24, 2.45) is 0 Å². The van der Waals surface area contributed by atoms with Crippen molar-refractivity contribution >= 4 is 49.6 Å². The number of carbonyl (C=O) groups is 1. The van der Waals surface area contributed by atoms with E-state index >= 15 is 0 Å². The van der Waals surface area contributed by atoms with Gasteiger partial charge in [-0.2, -0.15) is 16.4 Å². The van der Waals surface area contributed by atoms with E-state index < -0.39 is 5.97 Å². The third kappa shape index (κ3) is 2.94. The van der Waals surface area contributed by atoms with Crippen LogP contribution in [-0.2, 0) is 17.8 Å². The maximum absolute atomic E-state index is 12.6. The second kappa shape index (κ2) is 6.05. The molecule has 126 valence electrons. The molecule has 4 rings (SSSR count). The van der Waals surface area contributed by atoms with Gasteiger partial charge in [0.25, 0.3) is 5.56 Å². The second-order valence-electron chi connectivity index (χ2n) is 5.76. The number of rotatable bonds is 4. The third-order valence-corrected chi connectivity index (χ3v) is 5.63. The van der Waals surface area contributed by atoms with E-state index in [0.717, 1.165) is 20.8 Å². The van der Waals surface area contributed by atoms with Crippen LogP contribution in [0.4, 0.5) is 0 Å². The van der Waals surface area contributed by atoms with Gasteiger partial charge < -0.3 is 5.11 Å². The summed E-state index contributed by atoms with van der Waals surface area (Å²) in [4.78, 5) is 28.3. The smallest absolute Gasteiger partial charge is 0.309 e. The monoisotopic (exact) mass is 371 g/mol. The highest BCUT2D eigenvalue weighted by Gasteiger charge is 2.15. The van der Waals surface area contributed by atoms with Crippen LogP contribution in [-0.4, -0.2) is 25.8 Å². The number of aliphatic carboxylic acids is 1. The largest absolute Gasteiger partial charge is 0.481 e. The zero-order valence-electron chi connectivity index (χ0n) is 13.2. The van der Waals surface area contributed by atoms with Crippen molar-refractivity contribution in [3.05, 3.63) is 55.6 Å². The van der Waals surface area contributed by atoms with Crippen molar-refractivity contribution in [1.29, 1.82) is 0 Å². The number of nitrogens with zero attached hydrogens (tertiary/aromatic N) is 3. The quantitative estimate of drug-likeness (QED) is 0.596. The Kier molecular flexibility index (Phi) is 3.85. The molecule has 8 heteroatoms. The molecule has 4 aromatic rings. The molecule has 0 amide bonds. The molecular weight excluding hydrogens is 358 g/mol. The summed E-state index contributed by atoms with van der Waals surface area (Å²) >= 11 is 2.88. The van der Waals surface area contributed by atoms with E-state index in [1.54, 1.807) is 10.8 Å². The minimum absolute atomic E-state index is 0.216. The van der Waals surface area contributed by atoms with Gasteiger partial charge in [-0.3, -0.25) is 9.59 Å². The minimum atomic E-state index is -0.972. The van der Waals surface area contributed by atoms with Crippen molar-refractivity contribution in [3.8, 4) is 0 Å². The fourth-order valence-corrected chi connectivity index (χ4v) is 4.49. The summed E-state index contributed by atoms with van der Waals surface area (Å²) in [5, 5.41) is 18.8. The van der Waals surface area contributed by atoms with Gasteiger partial charge in [0.2, 0.25) is 0 Å². The van der Waals surface area contributed by atoms with Crippen LogP contribution in [0.5, 0.6) is 0 Å². The number of carboxylic acid groups (broad SMARTS) is 1. The molecule has 0 radical (unpaired) electrons. The Morgan fingerprint density at radius 2 is 2.08 bits per heavy atom. The molecule has 3 aromatic heterocycles. The molecule has 1 N–H and O–H groups in total. The van der Waals surface area contributed by atoms with Crippen LogP contribution in [0.1, 0.15) is 16.3 Å². The van der Waals surface area contributed by atoms with Crippen LogP contribution in [0.3, 0.4) is 0 Å². The molecule has 0 aliphatic carbocycles. The fraction of sp³-hybridized carbons (Fsp3) is 0.176. The number of aromatic nitrogens is 3. The molecule has 6 nitrogen and oxygen atoms in total. The lowest BCUT2D eigenvalue weighted by atomic mass is 10.2. The first-order chi connectivity index (χ1) is 12.0. The van der Waals surface area contributed by atoms with E-state index in [-0.39, 0.29) is 18.5 Å². The Labute approximate surface area is 150 Å². The van der Waals surface area contributed by atoms with Gasteiger partial charge in [-0.25, -0.2) is 9.67 Å². The number of hydrogen-bond acceptors (Lipinski definition) is 6. The van der Waals surface area contributed by atoms with E-state index in [9.17, 15) is 9.59 Å². The van der Waals surface area contributed by atoms with Crippen molar-refractivity contribution in [3.63, 3.8) is 0 Å². The number of carboxylic acids is 1. The zero-order chi connectivity index (χ0) is 17.6. The van der Waals surface area contributed by atoms with E-state index in [4.69, 9.17) is 5.11 Å². The van der Waals surface area contributed by atoms with Crippen LogP contribution in [0.25, 0.3) is 21.0 Å². The summed E-state index contributed by atoms with van der Waals surface area (Å²) in [7, 11) is 0. The highest BCUT2D eigenvalue weighted by molar-refractivity contribution is 7.18. The highest BCUT2D eigenvalue weighted by atomic mass is 32.1. The maximum atomic E-state index is 12.6. The molecule has 3 heterocycles. The van der Waals surface area contributed by atoms with Gasteiger partial charge in [0.05, 0.1) is 34.3 Å². The molecular formula is C17H13N3O3S2. The summed E-state index contributed by atoms with van der Waals surface area (Å²) in [6, 6.07) is 6.04. The predicted octanol–water partition coefficient (Wildman–Crippen LogP) is 3.05. The SMILES string of the molecule is Cc1ccc2sc(Cn3nc(CC(=O)O)c4cscc4c3=O)nc2c1.